The van der Waals surface area contributed by atoms with Gasteiger partial charge in [0.25, 0.3) is 0 Å². The van der Waals surface area contributed by atoms with Gasteiger partial charge in [-0.05, 0) is 26.2 Å². The Labute approximate surface area is 57.1 Å². The van der Waals surface area contributed by atoms with Crippen molar-refractivity contribution in [2.45, 2.75) is 37.9 Å². The van der Waals surface area contributed by atoms with Gasteiger partial charge in [-0.2, -0.15) is 0 Å². The van der Waals surface area contributed by atoms with Crippen LogP contribution in [0.5, 0.6) is 0 Å². The van der Waals surface area contributed by atoms with Crippen LogP contribution in [-0.2, 0) is 0 Å². The minimum atomic E-state index is 0.168. The monoisotopic (exact) mass is 129 g/mol. The summed E-state index contributed by atoms with van der Waals surface area (Å²) >= 11 is 5.20. The van der Waals surface area contributed by atoms with Gasteiger partial charge in [0.1, 0.15) is 0 Å². The molecule has 1 rings (SSSR count). The van der Waals surface area contributed by atoms with Gasteiger partial charge in [-0.3, -0.25) is 0 Å². The Morgan fingerprint density at radius 1 is 1.50 bits per heavy atom. The van der Waals surface area contributed by atoms with Crippen molar-refractivity contribution in [3.8, 4) is 0 Å². The Hall–Kier alpha value is 0.350. The van der Waals surface area contributed by atoms with Crippen LogP contribution >= 0.6 is 12.6 Å². The van der Waals surface area contributed by atoms with Crippen LogP contribution in [0.1, 0.15) is 33.1 Å². The van der Waals surface area contributed by atoms with E-state index in [0.717, 1.165) is 5.92 Å². The highest BCUT2D eigenvalue weighted by Gasteiger charge is 2.27. The maximum absolute atomic E-state index is 5.20. The minimum absolute atomic E-state index is 0.168. The molecular weight excluding hydrogens is 116 g/mol. The van der Waals surface area contributed by atoms with Crippen molar-refractivity contribution < 1.29 is 0 Å². The summed E-state index contributed by atoms with van der Waals surface area (Å²) in [6, 6.07) is 0. The van der Waals surface area contributed by atoms with Crippen LogP contribution in [0.15, 0.2) is 0 Å². The zero-order valence-corrected chi connectivity index (χ0v) is 6.42. The van der Waals surface area contributed by atoms with Gasteiger partial charge in [-0.15, -0.1) is 0 Å². The summed E-state index contributed by atoms with van der Waals surface area (Å²) in [5.74, 6) is 0.988. The van der Waals surface area contributed by atoms with E-state index in [0.29, 0.717) is 0 Å². The van der Waals surface area contributed by atoms with Crippen LogP contribution in [0.3, 0.4) is 0 Å². The van der Waals surface area contributed by atoms with Crippen LogP contribution < -0.4 is 0 Å². The highest BCUT2D eigenvalue weighted by molar-refractivity contribution is 7.81. The molecule has 1 saturated carbocycles. The molecule has 0 nitrogen and oxygen atoms in total. The van der Waals surface area contributed by atoms with E-state index < -0.39 is 0 Å². The van der Waals surface area contributed by atoms with Gasteiger partial charge in [0.2, 0.25) is 0 Å². The van der Waals surface area contributed by atoms with Gasteiger partial charge in [-0.25, -0.2) is 0 Å². The Morgan fingerprint density at radius 2 is 2.00 bits per heavy atom. The van der Waals surface area contributed by atoms with E-state index in [1.807, 2.05) is 0 Å². The molecule has 1 aliphatic rings. The third kappa shape index (κ3) is 2.61. The molecule has 0 saturated heterocycles. The van der Waals surface area contributed by atoms with E-state index in [2.05, 4.69) is 13.8 Å². The largest absolute Gasteiger partial charge is 0.0873 e. The van der Waals surface area contributed by atoms with Crippen molar-refractivity contribution in [2.24, 2.45) is 5.92 Å². The van der Waals surface area contributed by atoms with Crippen molar-refractivity contribution >= 4 is 12.6 Å². The molecular formula is C7H13S. The normalized spacial score (nSPS) is 21.4. The predicted octanol–water partition coefficient (Wildman–Crippen LogP) is 2.76. The molecule has 0 aliphatic heterocycles. The Morgan fingerprint density at radius 3 is 2.12 bits per heavy atom. The van der Waals surface area contributed by atoms with Gasteiger partial charge >= 0.3 is 0 Å². The maximum atomic E-state index is 5.20. The molecule has 0 unspecified atom stereocenters. The second-order valence-corrected chi connectivity index (χ2v) is 4.51. The van der Waals surface area contributed by atoms with Crippen LogP contribution in [0.25, 0.3) is 0 Å². The van der Waals surface area contributed by atoms with Crippen LogP contribution in [-0.4, -0.2) is 4.75 Å². The molecule has 1 aliphatic carbocycles. The molecule has 0 bridgehead atoms. The summed E-state index contributed by atoms with van der Waals surface area (Å²) in [7, 11) is 0. The summed E-state index contributed by atoms with van der Waals surface area (Å²) in [6.45, 7) is 4.28. The fourth-order valence-corrected chi connectivity index (χ4v) is 1.25. The molecule has 0 heterocycles. The van der Waals surface area contributed by atoms with Crippen molar-refractivity contribution in [1.29, 1.82) is 0 Å². The third-order valence-corrected chi connectivity index (χ3v) is 1.64. The topological polar surface area (TPSA) is 0 Å². The highest BCUT2D eigenvalue weighted by atomic mass is 32.1. The molecule has 1 heteroatoms. The first-order valence-electron chi connectivity index (χ1n) is 3.28. The smallest absolute Gasteiger partial charge is 0.0210 e. The summed E-state index contributed by atoms with van der Waals surface area (Å²) in [5, 5.41) is 0. The van der Waals surface area contributed by atoms with Crippen molar-refractivity contribution in [2.75, 3.05) is 0 Å². The van der Waals surface area contributed by atoms with Gasteiger partial charge in [0, 0.05) is 4.75 Å². The van der Waals surface area contributed by atoms with Gasteiger partial charge in [0.05, 0.1) is 0 Å². The Bertz CT molecular complexity index is 76.9. The molecule has 0 amide bonds. The number of rotatable bonds is 2. The predicted molar refractivity (Wildman–Crippen MR) is 39.0 cm³/mol. The average Bonchev–Trinajstić information content (AvgIpc) is 2.12. The molecule has 1 radical (unpaired) electrons. The Balaban J connectivity index is 2.16. The third-order valence-electron chi connectivity index (χ3n) is 1.48. The van der Waals surface area contributed by atoms with E-state index in [1.165, 1.54) is 19.3 Å². The first-order valence-corrected chi connectivity index (χ1v) is 3.69. The van der Waals surface area contributed by atoms with Crippen LogP contribution in [0.4, 0.5) is 0 Å². The maximum Gasteiger partial charge on any atom is 0.0210 e. The fraction of sp³-hybridized carbons (Fsp3) is 1.00. The van der Waals surface area contributed by atoms with Crippen molar-refractivity contribution in [3.05, 3.63) is 0 Å². The zero-order chi connectivity index (χ0) is 6.20. The van der Waals surface area contributed by atoms with E-state index >= 15 is 0 Å². The first-order chi connectivity index (χ1) is 3.58. The summed E-state index contributed by atoms with van der Waals surface area (Å²) in [6.07, 6.45) is 4.11. The van der Waals surface area contributed by atoms with Crippen LogP contribution in [0, 0.1) is 5.92 Å². The van der Waals surface area contributed by atoms with E-state index in [4.69, 9.17) is 12.6 Å². The minimum Gasteiger partial charge on any atom is -0.0873 e. The standard InChI is InChI=1S/C7H13S/c1-7(2,8)5-6-3-4-6/h6H,3-5H2,1-2H3. The van der Waals surface area contributed by atoms with Gasteiger partial charge in [-0.1, -0.05) is 25.5 Å². The van der Waals surface area contributed by atoms with Gasteiger partial charge < -0.3 is 0 Å². The van der Waals surface area contributed by atoms with Crippen molar-refractivity contribution in [1.82, 2.24) is 0 Å². The van der Waals surface area contributed by atoms with E-state index in [1.54, 1.807) is 0 Å². The van der Waals surface area contributed by atoms with Crippen LogP contribution in [0.2, 0.25) is 0 Å². The molecule has 8 heavy (non-hydrogen) atoms. The summed E-state index contributed by atoms with van der Waals surface area (Å²) in [5.41, 5.74) is 0. The molecule has 0 aromatic carbocycles. The molecule has 0 N–H and O–H groups in total. The molecule has 0 atom stereocenters. The van der Waals surface area contributed by atoms with E-state index in [9.17, 15) is 0 Å². The number of hydrogen-bond acceptors (Lipinski definition) is 0. The summed E-state index contributed by atoms with van der Waals surface area (Å²) in [4.78, 5) is 0. The lowest BCUT2D eigenvalue weighted by Gasteiger charge is -2.13. The fourth-order valence-electron chi connectivity index (χ4n) is 1.02. The first kappa shape index (κ1) is 6.47. The SMILES string of the molecule is CC(C)([S])CC1CC1. The molecule has 0 aromatic heterocycles. The zero-order valence-electron chi connectivity index (χ0n) is 5.61. The molecule has 1 fully saturated rings. The van der Waals surface area contributed by atoms with Crippen molar-refractivity contribution in [3.63, 3.8) is 0 Å². The highest BCUT2D eigenvalue weighted by Crippen LogP contribution is 2.38. The average molecular weight is 129 g/mol. The van der Waals surface area contributed by atoms with Gasteiger partial charge in [0.15, 0.2) is 0 Å². The molecule has 0 spiro atoms. The number of hydrogen-bond donors (Lipinski definition) is 0. The lowest BCUT2D eigenvalue weighted by Crippen LogP contribution is -2.10. The Kier molecular flexibility index (Phi) is 1.57. The second-order valence-electron chi connectivity index (χ2n) is 3.41. The quantitative estimate of drug-likeness (QED) is 0.538. The lowest BCUT2D eigenvalue weighted by molar-refractivity contribution is 0.591. The molecule has 47 valence electrons. The lowest BCUT2D eigenvalue weighted by atomic mass is 10.1. The van der Waals surface area contributed by atoms with E-state index in [-0.39, 0.29) is 4.75 Å². The summed E-state index contributed by atoms with van der Waals surface area (Å²) < 4.78 is 0.168. The molecule has 0 aromatic rings. The second kappa shape index (κ2) is 1.94.